The zero-order valence-corrected chi connectivity index (χ0v) is 12.7. The molecule has 0 saturated carbocycles. The van der Waals surface area contributed by atoms with E-state index in [0.717, 1.165) is 16.7 Å². The first-order valence-corrected chi connectivity index (χ1v) is 7.91. The van der Waals surface area contributed by atoms with Crippen LogP contribution in [-0.4, -0.2) is 12.4 Å². The van der Waals surface area contributed by atoms with Crippen LogP contribution in [0.2, 0.25) is 0 Å². The Morgan fingerprint density at radius 2 is 1.74 bits per heavy atom. The second-order valence-electron chi connectivity index (χ2n) is 4.66. The molecule has 1 aromatic carbocycles. The number of alkyl halides is 1. The van der Waals surface area contributed by atoms with Crippen molar-refractivity contribution in [2.45, 2.75) is 31.5 Å². The number of halogens is 1. The van der Waals surface area contributed by atoms with Gasteiger partial charge in [-0.25, -0.2) is 12.4 Å². The van der Waals surface area contributed by atoms with E-state index in [0.29, 0.717) is 10.6 Å². The number of hydrogen-bond acceptors (Lipinski definition) is 2. The number of aromatic nitrogens is 1. The van der Waals surface area contributed by atoms with Crippen molar-refractivity contribution in [3.63, 3.8) is 0 Å². The molecule has 2 rings (SSSR count). The number of hydrogen-bond donors (Lipinski definition) is 0. The normalized spacial score (nSPS) is 11.8. The lowest BCUT2D eigenvalue weighted by Crippen LogP contribution is -2.16. The highest BCUT2D eigenvalue weighted by Gasteiger charge is 2.23. The maximum absolute atomic E-state index is 12.7. The highest BCUT2D eigenvalue weighted by Crippen LogP contribution is 2.25. The SMILES string of the molecule is Cc1cc(C)c(S(=O)(=O)n2cccc2CCl)c(C)c1. The molecule has 1 heterocycles. The van der Waals surface area contributed by atoms with Crippen molar-refractivity contribution < 1.29 is 8.42 Å². The van der Waals surface area contributed by atoms with Crippen LogP contribution in [-0.2, 0) is 15.9 Å². The third-order valence-electron chi connectivity index (χ3n) is 3.05. The summed E-state index contributed by atoms with van der Waals surface area (Å²) in [5.74, 6) is 0.163. The second-order valence-corrected chi connectivity index (χ2v) is 6.68. The van der Waals surface area contributed by atoms with E-state index in [1.54, 1.807) is 12.1 Å². The van der Waals surface area contributed by atoms with Gasteiger partial charge in [0.25, 0.3) is 10.0 Å². The fraction of sp³-hybridized carbons (Fsp3) is 0.286. The van der Waals surface area contributed by atoms with E-state index in [2.05, 4.69) is 0 Å². The standard InChI is InChI=1S/C14H16ClNO2S/c1-10-7-11(2)14(12(3)8-10)19(17,18)16-6-4-5-13(16)9-15/h4-8H,9H2,1-3H3. The summed E-state index contributed by atoms with van der Waals surface area (Å²) in [6.07, 6.45) is 1.53. The third kappa shape index (κ3) is 2.42. The van der Waals surface area contributed by atoms with Crippen molar-refractivity contribution in [2.75, 3.05) is 0 Å². The Morgan fingerprint density at radius 3 is 2.26 bits per heavy atom. The number of nitrogens with zero attached hydrogens (tertiary/aromatic N) is 1. The van der Waals surface area contributed by atoms with Crippen molar-refractivity contribution in [2.24, 2.45) is 0 Å². The molecule has 19 heavy (non-hydrogen) atoms. The van der Waals surface area contributed by atoms with Crippen molar-refractivity contribution in [3.8, 4) is 0 Å². The lowest BCUT2D eigenvalue weighted by Gasteiger charge is -2.14. The molecule has 0 amide bonds. The molecule has 102 valence electrons. The van der Waals surface area contributed by atoms with E-state index in [4.69, 9.17) is 11.6 Å². The van der Waals surface area contributed by atoms with Gasteiger partial charge in [-0.05, 0) is 44.0 Å². The monoisotopic (exact) mass is 297 g/mol. The van der Waals surface area contributed by atoms with E-state index >= 15 is 0 Å². The zero-order chi connectivity index (χ0) is 14.2. The molecule has 5 heteroatoms. The van der Waals surface area contributed by atoms with Crippen LogP contribution in [0.1, 0.15) is 22.4 Å². The Hall–Kier alpha value is -1.26. The van der Waals surface area contributed by atoms with Gasteiger partial charge in [-0.3, -0.25) is 0 Å². The number of aryl methyl sites for hydroxylation is 3. The van der Waals surface area contributed by atoms with Gasteiger partial charge in [0.2, 0.25) is 0 Å². The van der Waals surface area contributed by atoms with Crippen LogP contribution in [0.5, 0.6) is 0 Å². The minimum atomic E-state index is -3.58. The Bertz CT molecular complexity index is 694. The van der Waals surface area contributed by atoms with Crippen molar-refractivity contribution in [3.05, 3.63) is 52.8 Å². The largest absolute Gasteiger partial charge is 0.268 e. The molecule has 0 aliphatic rings. The molecule has 2 aromatic rings. The third-order valence-corrected chi connectivity index (χ3v) is 5.36. The number of benzene rings is 1. The molecule has 0 bridgehead atoms. The Balaban J connectivity index is 2.71. The van der Waals surface area contributed by atoms with Crippen LogP contribution in [0, 0.1) is 20.8 Å². The van der Waals surface area contributed by atoms with Gasteiger partial charge in [0.15, 0.2) is 0 Å². The average Bonchev–Trinajstić information content (AvgIpc) is 2.75. The zero-order valence-electron chi connectivity index (χ0n) is 11.1. The Morgan fingerprint density at radius 1 is 1.16 bits per heavy atom. The minimum Gasteiger partial charge on any atom is -0.245 e. The molecule has 0 aliphatic heterocycles. The molecule has 3 nitrogen and oxygen atoms in total. The van der Waals surface area contributed by atoms with E-state index < -0.39 is 10.0 Å². The van der Waals surface area contributed by atoms with Gasteiger partial charge < -0.3 is 0 Å². The van der Waals surface area contributed by atoms with Crippen molar-refractivity contribution in [1.82, 2.24) is 3.97 Å². The van der Waals surface area contributed by atoms with E-state index in [-0.39, 0.29) is 5.88 Å². The molecule has 0 radical (unpaired) electrons. The fourth-order valence-corrected chi connectivity index (χ4v) is 4.49. The van der Waals surface area contributed by atoms with Gasteiger partial charge >= 0.3 is 0 Å². The van der Waals surface area contributed by atoms with Gasteiger partial charge in [0.05, 0.1) is 10.8 Å². The van der Waals surface area contributed by atoms with Crippen LogP contribution in [0.4, 0.5) is 0 Å². The van der Waals surface area contributed by atoms with Crippen molar-refractivity contribution >= 4 is 21.6 Å². The minimum absolute atomic E-state index is 0.163. The predicted molar refractivity (Wildman–Crippen MR) is 77.2 cm³/mol. The highest BCUT2D eigenvalue weighted by molar-refractivity contribution is 7.90. The van der Waals surface area contributed by atoms with Crippen LogP contribution in [0.25, 0.3) is 0 Å². The summed E-state index contributed by atoms with van der Waals surface area (Å²) >= 11 is 5.79. The lowest BCUT2D eigenvalue weighted by atomic mass is 10.1. The molecule has 0 N–H and O–H groups in total. The molecule has 0 unspecified atom stereocenters. The molecule has 0 saturated heterocycles. The molecule has 0 atom stereocenters. The fourth-order valence-electron chi connectivity index (χ4n) is 2.41. The van der Waals surface area contributed by atoms with Gasteiger partial charge in [-0.15, -0.1) is 11.6 Å². The van der Waals surface area contributed by atoms with Gasteiger partial charge in [-0.2, -0.15) is 0 Å². The second kappa shape index (κ2) is 5.02. The van der Waals surface area contributed by atoms with E-state index in [1.165, 1.54) is 10.2 Å². The summed E-state index contributed by atoms with van der Waals surface area (Å²) in [5.41, 5.74) is 3.14. The summed E-state index contributed by atoms with van der Waals surface area (Å²) in [6, 6.07) is 7.16. The molecule has 1 aromatic heterocycles. The Labute approximate surface area is 118 Å². The lowest BCUT2D eigenvalue weighted by molar-refractivity contribution is 0.585. The summed E-state index contributed by atoms with van der Waals surface area (Å²) in [7, 11) is -3.58. The van der Waals surface area contributed by atoms with Crippen molar-refractivity contribution in [1.29, 1.82) is 0 Å². The van der Waals surface area contributed by atoms with Crippen LogP contribution in [0.3, 0.4) is 0 Å². The Kier molecular flexibility index (Phi) is 3.74. The number of rotatable bonds is 3. The molecular formula is C14H16ClNO2S. The molecular weight excluding hydrogens is 282 g/mol. The first-order valence-electron chi connectivity index (χ1n) is 5.93. The first-order chi connectivity index (χ1) is 8.87. The van der Waals surface area contributed by atoms with Crippen LogP contribution < -0.4 is 0 Å². The van der Waals surface area contributed by atoms with E-state index in [9.17, 15) is 8.42 Å². The van der Waals surface area contributed by atoms with Gasteiger partial charge in [0, 0.05) is 11.9 Å². The predicted octanol–water partition coefficient (Wildman–Crippen LogP) is 3.39. The molecule has 0 spiro atoms. The maximum atomic E-state index is 12.7. The van der Waals surface area contributed by atoms with Gasteiger partial charge in [0.1, 0.15) is 0 Å². The smallest absolute Gasteiger partial charge is 0.245 e. The average molecular weight is 298 g/mol. The first kappa shape index (κ1) is 14.2. The molecule has 0 fully saturated rings. The van der Waals surface area contributed by atoms with E-state index in [1.807, 2.05) is 32.9 Å². The van der Waals surface area contributed by atoms with Gasteiger partial charge in [-0.1, -0.05) is 17.7 Å². The maximum Gasteiger partial charge on any atom is 0.268 e. The van der Waals surface area contributed by atoms with Crippen LogP contribution in [0.15, 0.2) is 35.4 Å². The van der Waals surface area contributed by atoms with Crippen LogP contribution >= 0.6 is 11.6 Å². The highest BCUT2D eigenvalue weighted by atomic mass is 35.5. The summed E-state index contributed by atoms with van der Waals surface area (Å²) in [4.78, 5) is 0.362. The summed E-state index contributed by atoms with van der Waals surface area (Å²) in [5, 5.41) is 0. The molecule has 0 aliphatic carbocycles. The summed E-state index contributed by atoms with van der Waals surface area (Å²) < 4.78 is 26.7. The quantitative estimate of drug-likeness (QED) is 0.815. The summed E-state index contributed by atoms with van der Waals surface area (Å²) in [6.45, 7) is 5.59. The topological polar surface area (TPSA) is 39.1 Å².